The molecule has 2 rings (SSSR count). The number of hydrogen-bond acceptors (Lipinski definition) is 4. The number of nitrogens with zero attached hydrogens (tertiary/aromatic N) is 2. The number of rotatable bonds is 3. The highest BCUT2D eigenvalue weighted by Gasteiger charge is 2.07. The topological polar surface area (TPSA) is 45.1 Å². The van der Waals surface area contributed by atoms with Crippen LogP contribution in [0.4, 0.5) is 0 Å². The second kappa shape index (κ2) is 6.28. The fraction of sp³-hybridized carbons (Fsp3) is 0.500. The fourth-order valence-electron chi connectivity index (χ4n) is 2.12. The summed E-state index contributed by atoms with van der Waals surface area (Å²) < 4.78 is 5.07. The van der Waals surface area contributed by atoms with Crippen LogP contribution in [0.25, 0.3) is 0 Å². The number of methoxy groups -OCH3 is 1. The van der Waals surface area contributed by atoms with Crippen molar-refractivity contribution in [2.24, 2.45) is 5.10 Å². The van der Waals surface area contributed by atoms with Crippen molar-refractivity contribution in [3.63, 3.8) is 0 Å². The maximum atomic E-state index is 9.94. The van der Waals surface area contributed by atoms with Gasteiger partial charge in [0, 0.05) is 18.7 Å². The lowest BCUT2D eigenvalue weighted by Gasteiger charge is -2.15. The molecular weight excluding hydrogens is 228 g/mol. The Morgan fingerprint density at radius 1 is 1.22 bits per heavy atom. The van der Waals surface area contributed by atoms with Gasteiger partial charge in [-0.05, 0) is 25.0 Å². The molecule has 0 saturated carbocycles. The van der Waals surface area contributed by atoms with Gasteiger partial charge in [-0.15, -0.1) is 0 Å². The van der Waals surface area contributed by atoms with E-state index in [0.717, 1.165) is 13.1 Å². The van der Waals surface area contributed by atoms with Gasteiger partial charge in [0.1, 0.15) is 0 Å². The summed E-state index contributed by atoms with van der Waals surface area (Å²) in [6, 6.07) is 5.42. The summed E-state index contributed by atoms with van der Waals surface area (Å²) in [6.45, 7) is 2.00. The number of hydrogen-bond donors (Lipinski definition) is 1. The van der Waals surface area contributed by atoms with E-state index in [4.69, 9.17) is 4.74 Å². The van der Waals surface area contributed by atoms with Gasteiger partial charge < -0.3 is 9.84 Å². The number of phenolic OH excluding ortho intramolecular Hbond substituents is 1. The first-order valence-electron chi connectivity index (χ1n) is 6.46. The van der Waals surface area contributed by atoms with Crippen LogP contribution in [-0.2, 0) is 0 Å². The SMILES string of the molecule is COc1cccc(/C=N/N2CCCCCC2)c1O. The van der Waals surface area contributed by atoms with Gasteiger partial charge in [-0.3, -0.25) is 5.01 Å². The van der Waals surface area contributed by atoms with Gasteiger partial charge in [-0.25, -0.2) is 0 Å². The smallest absolute Gasteiger partial charge is 0.166 e. The van der Waals surface area contributed by atoms with Crippen molar-refractivity contribution in [2.45, 2.75) is 25.7 Å². The minimum Gasteiger partial charge on any atom is -0.504 e. The van der Waals surface area contributed by atoms with Crippen LogP contribution in [0.1, 0.15) is 31.2 Å². The maximum absolute atomic E-state index is 9.94. The predicted octanol–water partition coefficient (Wildman–Crippen LogP) is 2.61. The van der Waals surface area contributed by atoms with E-state index in [1.807, 2.05) is 12.1 Å². The summed E-state index contributed by atoms with van der Waals surface area (Å²) in [4.78, 5) is 0. The molecule has 1 N–H and O–H groups in total. The van der Waals surface area contributed by atoms with Crippen LogP contribution in [0.15, 0.2) is 23.3 Å². The van der Waals surface area contributed by atoms with Crippen LogP contribution in [-0.4, -0.2) is 36.5 Å². The Bertz CT molecular complexity index is 410. The minimum atomic E-state index is 0.151. The summed E-state index contributed by atoms with van der Waals surface area (Å²) in [5.41, 5.74) is 0.693. The second-order valence-electron chi connectivity index (χ2n) is 4.51. The van der Waals surface area contributed by atoms with E-state index in [1.165, 1.54) is 25.7 Å². The molecule has 1 aromatic rings. The molecular formula is C14H20N2O2. The summed E-state index contributed by atoms with van der Waals surface area (Å²) in [6.07, 6.45) is 6.68. The van der Waals surface area contributed by atoms with Gasteiger partial charge >= 0.3 is 0 Å². The Balaban J connectivity index is 2.07. The molecule has 1 aliphatic rings. The molecule has 0 atom stereocenters. The Kier molecular flexibility index (Phi) is 4.45. The highest BCUT2D eigenvalue weighted by atomic mass is 16.5. The number of aromatic hydroxyl groups is 1. The molecule has 0 aliphatic carbocycles. The molecule has 0 unspecified atom stereocenters. The van der Waals surface area contributed by atoms with Crippen molar-refractivity contribution in [3.8, 4) is 11.5 Å². The van der Waals surface area contributed by atoms with Crippen LogP contribution < -0.4 is 4.74 Å². The minimum absolute atomic E-state index is 0.151. The van der Waals surface area contributed by atoms with Crippen molar-refractivity contribution < 1.29 is 9.84 Å². The van der Waals surface area contributed by atoms with Crippen LogP contribution in [0.5, 0.6) is 11.5 Å². The lowest BCUT2D eigenvalue weighted by molar-refractivity contribution is 0.302. The highest BCUT2D eigenvalue weighted by Crippen LogP contribution is 2.28. The zero-order valence-corrected chi connectivity index (χ0v) is 10.8. The third-order valence-electron chi connectivity index (χ3n) is 3.19. The molecule has 0 amide bonds. The number of hydrazone groups is 1. The molecule has 1 aromatic carbocycles. The first-order chi connectivity index (χ1) is 8.81. The van der Waals surface area contributed by atoms with Gasteiger partial charge in [-0.1, -0.05) is 18.9 Å². The monoisotopic (exact) mass is 248 g/mol. The van der Waals surface area contributed by atoms with Gasteiger partial charge in [-0.2, -0.15) is 5.10 Å². The van der Waals surface area contributed by atoms with Crippen molar-refractivity contribution in [2.75, 3.05) is 20.2 Å². The Labute approximate surface area is 108 Å². The average Bonchev–Trinajstić information content (AvgIpc) is 2.66. The highest BCUT2D eigenvalue weighted by molar-refractivity contribution is 5.84. The van der Waals surface area contributed by atoms with Gasteiger partial charge in [0.05, 0.1) is 13.3 Å². The van der Waals surface area contributed by atoms with Gasteiger partial charge in [0.15, 0.2) is 11.5 Å². The summed E-state index contributed by atoms with van der Waals surface area (Å²) in [7, 11) is 1.55. The quantitative estimate of drug-likeness (QED) is 0.836. The number of benzene rings is 1. The third-order valence-corrected chi connectivity index (χ3v) is 3.19. The average molecular weight is 248 g/mol. The van der Waals surface area contributed by atoms with E-state index >= 15 is 0 Å². The summed E-state index contributed by atoms with van der Waals surface area (Å²) in [5, 5.41) is 16.5. The van der Waals surface area contributed by atoms with Gasteiger partial charge in [0.25, 0.3) is 0 Å². The molecule has 1 fully saturated rings. The maximum Gasteiger partial charge on any atom is 0.166 e. The summed E-state index contributed by atoms with van der Waals surface area (Å²) in [5.74, 6) is 0.633. The normalized spacial score (nSPS) is 16.8. The Morgan fingerprint density at radius 2 is 1.94 bits per heavy atom. The molecule has 4 heteroatoms. The molecule has 1 saturated heterocycles. The van der Waals surface area contributed by atoms with E-state index < -0.39 is 0 Å². The van der Waals surface area contributed by atoms with Crippen LogP contribution in [0.3, 0.4) is 0 Å². The summed E-state index contributed by atoms with van der Waals surface area (Å²) >= 11 is 0. The largest absolute Gasteiger partial charge is 0.504 e. The zero-order chi connectivity index (χ0) is 12.8. The number of para-hydroxylation sites is 1. The molecule has 98 valence electrons. The first-order valence-corrected chi connectivity index (χ1v) is 6.46. The standard InChI is InChI=1S/C14H20N2O2/c1-18-13-8-6-7-12(14(13)17)11-15-16-9-4-2-3-5-10-16/h6-8,11,17H,2-5,9-10H2,1H3/b15-11+. The van der Waals surface area contributed by atoms with Crippen LogP contribution >= 0.6 is 0 Å². The van der Waals surface area contributed by atoms with E-state index in [2.05, 4.69) is 10.1 Å². The second-order valence-corrected chi connectivity index (χ2v) is 4.51. The lowest BCUT2D eigenvalue weighted by atomic mass is 10.2. The molecule has 0 radical (unpaired) electrons. The van der Waals surface area contributed by atoms with Crippen molar-refractivity contribution in [3.05, 3.63) is 23.8 Å². The fourth-order valence-corrected chi connectivity index (χ4v) is 2.12. The molecule has 0 aromatic heterocycles. The van der Waals surface area contributed by atoms with Crippen molar-refractivity contribution >= 4 is 6.21 Å². The molecule has 18 heavy (non-hydrogen) atoms. The third kappa shape index (κ3) is 3.15. The first kappa shape index (κ1) is 12.7. The molecule has 0 spiro atoms. The van der Waals surface area contributed by atoms with Gasteiger partial charge in [0.2, 0.25) is 0 Å². The molecule has 1 heterocycles. The zero-order valence-electron chi connectivity index (χ0n) is 10.8. The van der Waals surface area contributed by atoms with E-state index in [0.29, 0.717) is 11.3 Å². The van der Waals surface area contributed by atoms with E-state index in [-0.39, 0.29) is 5.75 Å². The molecule has 1 aliphatic heterocycles. The van der Waals surface area contributed by atoms with Crippen LogP contribution in [0, 0.1) is 0 Å². The Hall–Kier alpha value is -1.71. The number of phenols is 1. The predicted molar refractivity (Wildman–Crippen MR) is 72.3 cm³/mol. The molecule has 4 nitrogen and oxygen atoms in total. The van der Waals surface area contributed by atoms with E-state index in [1.54, 1.807) is 19.4 Å². The number of ether oxygens (including phenoxy) is 1. The van der Waals surface area contributed by atoms with E-state index in [9.17, 15) is 5.11 Å². The molecule has 0 bridgehead atoms. The van der Waals surface area contributed by atoms with Crippen LogP contribution in [0.2, 0.25) is 0 Å². The van der Waals surface area contributed by atoms with Crippen molar-refractivity contribution in [1.82, 2.24) is 5.01 Å². The Morgan fingerprint density at radius 3 is 2.61 bits per heavy atom. The lowest BCUT2D eigenvalue weighted by Crippen LogP contribution is -2.18. The van der Waals surface area contributed by atoms with Crippen molar-refractivity contribution in [1.29, 1.82) is 0 Å².